The van der Waals surface area contributed by atoms with E-state index in [0.717, 1.165) is 17.8 Å². The van der Waals surface area contributed by atoms with Gasteiger partial charge in [0.25, 0.3) is 0 Å². The summed E-state index contributed by atoms with van der Waals surface area (Å²) in [6.07, 6.45) is -4.36. The molecule has 1 heterocycles. The van der Waals surface area contributed by atoms with E-state index < -0.39 is 11.7 Å². The number of hydrogen-bond acceptors (Lipinski definition) is 1. The molecule has 1 aromatic heterocycles. The lowest BCUT2D eigenvalue weighted by atomic mass is 10.1. The van der Waals surface area contributed by atoms with Gasteiger partial charge in [-0.15, -0.1) is 0 Å². The van der Waals surface area contributed by atoms with Gasteiger partial charge < -0.3 is 4.98 Å². The first-order valence-corrected chi connectivity index (χ1v) is 6.09. The topological polar surface area (TPSA) is 39.6 Å². The van der Waals surface area contributed by atoms with Gasteiger partial charge in [-0.25, -0.2) is 0 Å². The van der Waals surface area contributed by atoms with Gasteiger partial charge in [-0.2, -0.15) is 18.4 Å². The summed E-state index contributed by atoms with van der Waals surface area (Å²) < 4.78 is 38.0. The number of hydrogen-bond donors (Lipinski definition) is 1. The zero-order valence-electron chi connectivity index (χ0n) is 9.77. The number of nitrogens with zero attached hydrogens (tertiary/aromatic N) is 1. The van der Waals surface area contributed by atoms with Crippen LogP contribution in [0.2, 0.25) is 0 Å². The summed E-state index contributed by atoms with van der Waals surface area (Å²) >= 11 is 3.27. The molecule has 0 radical (unpaired) electrons. The fourth-order valence-electron chi connectivity index (χ4n) is 1.75. The first-order valence-electron chi connectivity index (χ1n) is 5.30. The second-order valence-electron chi connectivity index (χ2n) is 4.00. The molecule has 0 fully saturated rings. The number of H-pyrrole nitrogens is 1. The SMILES string of the molecule is Cc1[nH]c(-c2ccc(C(F)(F)F)cc2)c(C#N)c1Br. The number of nitrogens with one attached hydrogen (secondary N) is 1. The molecule has 0 saturated carbocycles. The van der Waals surface area contributed by atoms with E-state index >= 15 is 0 Å². The van der Waals surface area contributed by atoms with Crippen LogP contribution in [-0.2, 0) is 6.18 Å². The lowest BCUT2D eigenvalue weighted by Gasteiger charge is -2.07. The molecule has 0 amide bonds. The Labute approximate surface area is 116 Å². The standard InChI is InChI=1S/C13H8BrF3N2/c1-7-11(14)10(6-18)12(19-7)8-2-4-9(5-3-8)13(15,16)17/h2-5,19H,1H3. The fourth-order valence-corrected chi connectivity index (χ4v) is 2.14. The van der Waals surface area contributed by atoms with Crippen molar-refractivity contribution in [2.75, 3.05) is 0 Å². The summed E-state index contributed by atoms with van der Waals surface area (Å²) in [5, 5.41) is 9.08. The second-order valence-corrected chi connectivity index (χ2v) is 4.79. The predicted octanol–water partition coefficient (Wildman–Crippen LogP) is 4.64. The van der Waals surface area contributed by atoms with Crippen molar-refractivity contribution in [1.82, 2.24) is 4.98 Å². The summed E-state index contributed by atoms with van der Waals surface area (Å²) in [5.41, 5.74) is 1.49. The minimum absolute atomic E-state index is 0.386. The highest BCUT2D eigenvalue weighted by Gasteiger charge is 2.30. The van der Waals surface area contributed by atoms with Gasteiger partial charge in [0, 0.05) is 5.69 Å². The van der Waals surface area contributed by atoms with Gasteiger partial charge in [-0.1, -0.05) is 12.1 Å². The highest BCUT2D eigenvalue weighted by atomic mass is 79.9. The van der Waals surface area contributed by atoms with Crippen LogP contribution in [0.1, 0.15) is 16.8 Å². The Morgan fingerprint density at radius 1 is 1.21 bits per heavy atom. The van der Waals surface area contributed by atoms with E-state index in [-0.39, 0.29) is 0 Å². The quantitative estimate of drug-likeness (QED) is 0.813. The fraction of sp³-hybridized carbons (Fsp3) is 0.154. The smallest absolute Gasteiger partial charge is 0.357 e. The van der Waals surface area contributed by atoms with Crippen LogP contribution in [0, 0.1) is 18.3 Å². The van der Waals surface area contributed by atoms with Crippen molar-refractivity contribution >= 4 is 15.9 Å². The molecule has 0 saturated heterocycles. The molecule has 2 aromatic rings. The Kier molecular flexibility index (Phi) is 3.42. The normalized spacial score (nSPS) is 11.4. The van der Waals surface area contributed by atoms with Crippen molar-refractivity contribution in [3.8, 4) is 17.3 Å². The van der Waals surface area contributed by atoms with E-state index in [1.165, 1.54) is 12.1 Å². The Balaban J connectivity index is 2.50. The van der Waals surface area contributed by atoms with E-state index in [9.17, 15) is 13.2 Å². The minimum atomic E-state index is -4.36. The van der Waals surface area contributed by atoms with E-state index in [1.54, 1.807) is 6.92 Å². The highest BCUT2D eigenvalue weighted by molar-refractivity contribution is 9.10. The molecular weight excluding hydrogens is 321 g/mol. The summed E-state index contributed by atoms with van der Waals surface area (Å²) in [5.74, 6) is 0. The number of nitriles is 1. The molecule has 0 bridgehead atoms. The molecule has 1 aromatic carbocycles. The molecule has 0 spiro atoms. The third kappa shape index (κ3) is 2.51. The molecule has 1 N–H and O–H groups in total. The Morgan fingerprint density at radius 2 is 1.79 bits per heavy atom. The summed E-state index contributed by atoms with van der Waals surface area (Å²) in [4.78, 5) is 2.99. The summed E-state index contributed by atoms with van der Waals surface area (Å²) in [6, 6.07) is 6.73. The minimum Gasteiger partial charge on any atom is -0.357 e. The molecule has 2 nitrogen and oxygen atoms in total. The number of aromatic amines is 1. The van der Waals surface area contributed by atoms with E-state index in [2.05, 4.69) is 20.9 Å². The van der Waals surface area contributed by atoms with E-state index in [0.29, 0.717) is 21.3 Å². The maximum atomic E-state index is 12.5. The lowest BCUT2D eigenvalue weighted by Crippen LogP contribution is -2.04. The molecule has 98 valence electrons. The van der Waals surface area contributed by atoms with Gasteiger partial charge in [0.05, 0.1) is 21.3 Å². The lowest BCUT2D eigenvalue weighted by molar-refractivity contribution is -0.137. The number of halogens is 4. The van der Waals surface area contributed by atoms with Crippen molar-refractivity contribution in [2.45, 2.75) is 13.1 Å². The molecule has 0 aliphatic carbocycles. The van der Waals surface area contributed by atoms with Crippen LogP contribution in [0.5, 0.6) is 0 Å². The van der Waals surface area contributed by atoms with Crippen molar-refractivity contribution in [1.29, 1.82) is 5.26 Å². The monoisotopic (exact) mass is 328 g/mol. The third-order valence-electron chi connectivity index (χ3n) is 2.72. The van der Waals surface area contributed by atoms with Crippen LogP contribution < -0.4 is 0 Å². The maximum Gasteiger partial charge on any atom is 0.416 e. The van der Waals surface area contributed by atoms with Gasteiger partial charge in [0.15, 0.2) is 0 Å². The van der Waals surface area contributed by atoms with Gasteiger partial charge in [-0.05, 0) is 40.5 Å². The molecule has 6 heteroatoms. The number of rotatable bonds is 1. The van der Waals surface area contributed by atoms with Gasteiger partial charge in [0.2, 0.25) is 0 Å². The van der Waals surface area contributed by atoms with E-state index in [1.807, 2.05) is 6.07 Å². The predicted molar refractivity (Wildman–Crippen MR) is 68.4 cm³/mol. The average molecular weight is 329 g/mol. The molecule has 0 unspecified atom stereocenters. The van der Waals surface area contributed by atoms with E-state index in [4.69, 9.17) is 5.26 Å². The van der Waals surface area contributed by atoms with Crippen molar-refractivity contribution in [3.05, 3.63) is 45.6 Å². The van der Waals surface area contributed by atoms with Crippen LogP contribution >= 0.6 is 15.9 Å². The largest absolute Gasteiger partial charge is 0.416 e. The molecule has 0 aliphatic heterocycles. The average Bonchev–Trinajstić information content (AvgIpc) is 2.64. The highest BCUT2D eigenvalue weighted by Crippen LogP contribution is 2.34. The maximum absolute atomic E-state index is 12.5. The number of benzene rings is 1. The number of alkyl halides is 3. The Hall–Kier alpha value is -1.74. The van der Waals surface area contributed by atoms with Crippen LogP contribution in [0.25, 0.3) is 11.3 Å². The zero-order valence-corrected chi connectivity index (χ0v) is 11.4. The Bertz CT molecular complexity index is 648. The van der Waals surface area contributed by atoms with Gasteiger partial charge >= 0.3 is 6.18 Å². The van der Waals surface area contributed by atoms with Gasteiger partial charge in [0.1, 0.15) is 6.07 Å². The molecule has 0 aliphatic rings. The summed E-state index contributed by atoms with van der Waals surface area (Å²) in [6.45, 7) is 1.78. The first kappa shape index (κ1) is 13.7. The van der Waals surface area contributed by atoms with Gasteiger partial charge in [-0.3, -0.25) is 0 Å². The van der Waals surface area contributed by atoms with Crippen molar-refractivity contribution < 1.29 is 13.2 Å². The summed E-state index contributed by atoms with van der Waals surface area (Å²) in [7, 11) is 0. The van der Waals surface area contributed by atoms with Crippen LogP contribution in [0.15, 0.2) is 28.7 Å². The molecular formula is C13H8BrF3N2. The Morgan fingerprint density at radius 3 is 2.26 bits per heavy atom. The van der Waals surface area contributed by atoms with Crippen LogP contribution in [0.4, 0.5) is 13.2 Å². The molecule has 2 rings (SSSR count). The molecule has 19 heavy (non-hydrogen) atoms. The van der Waals surface area contributed by atoms with Crippen LogP contribution in [0.3, 0.4) is 0 Å². The first-order chi connectivity index (χ1) is 8.84. The number of aromatic nitrogens is 1. The zero-order chi connectivity index (χ0) is 14.2. The van der Waals surface area contributed by atoms with Crippen LogP contribution in [-0.4, -0.2) is 4.98 Å². The van der Waals surface area contributed by atoms with Crippen molar-refractivity contribution in [3.63, 3.8) is 0 Å². The second kappa shape index (κ2) is 4.74. The van der Waals surface area contributed by atoms with Crippen molar-refractivity contribution in [2.24, 2.45) is 0 Å². The molecule has 0 atom stereocenters. The third-order valence-corrected chi connectivity index (χ3v) is 3.72. The number of aryl methyl sites for hydroxylation is 1.